The average molecular weight is 338 g/mol. The average Bonchev–Trinajstić information content (AvgIpc) is 2.91. The van der Waals surface area contributed by atoms with E-state index in [1.165, 1.54) is 29.7 Å². The molecule has 2 aliphatic rings. The summed E-state index contributed by atoms with van der Waals surface area (Å²) in [6, 6.07) is 10.5. The number of amides is 1. The van der Waals surface area contributed by atoms with E-state index in [1.807, 2.05) is 11.0 Å². The van der Waals surface area contributed by atoms with Crippen LogP contribution in [0.2, 0.25) is 0 Å². The molecule has 1 N–H and O–H groups in total. The molecular formula is C20H26N4O. The van der Waals surface area contributed by atoms with Gasteiger partial charge >= 0.3 is 0 Å². The van der Waals surface area contributed by atoms with Gasteiger partial charge in [0.15, 0.2) is 5.69 Å². The van der Waals surface area contributed by atoms with Gasteiger partial charge in [0.05, 0.1) is 0 Å². The highest BCUT2D eigenvalue weighted by Crippen LogP contribution is 2.23. The van der Waals surface area contributed by atoms with Crippen LogP contribution in [0.3, 0.4) is 0 Å². The lowest BCUT2D eigenvalue weighted by atomic mass is 10.1. The van der Waals surface area contributed by atoms with Crippen LogP contribution in [-0.4, -0.2) is 52.1 Å². The number of piperazine rings is 1. The van der Waals surface area contributed by atoms with Gasteiger partial charge in [0.2, 0.25) is 0 Å². The molecule has 1 aliphatic heterocycles. The van der Waals surface area contributed by atoms with Crippen LogP contribution in [0.15, 0.2) is 30.3 Å². The molecule has 1 fully saturated rings. The zero-order valence-electron chi connectivity index (χ0n) is 14.7. The number of fused-ring (bicyclic) bond motifs is 1. The monoisotopic (exact) mass is 338 g/mol. The molecular weight excluding hydrogens is 312 g/mol. The van der Waals surface area contributed by atoms with Crippen LogP contribution in [0.5, 0.6) is 0 Å². The van der Waals surface area contributed by atoms with Crippen molar-refractivity contribution in [2.45, 2.75) is 38.6 Å². The molecule has 2 aromatic rings. The summed E-state index contributed by atoms with van der Waals surface area (Å²) in [5.74, 6) is 0.110. The van der Waals surface area contributed by atoms with Gasteiger partial charge in [0, 0.05) is 44.0 Å². The molecule has 0 atom stereocenters. The molecule has 132 valence electrons. The number of hydrogen-bond donors (Lipinski definition) is 1. The van der Waals surface area contributed by atoms with E-state index in [-0.39, 0.29) is 5.91 Å². The predicted molar refractivity (Wildman–Crippen MR) is 97.5 cm³/mol. The van der Waals surface area contributed by atoms with E-state index >= 15 is 0 Å². The molecule has 4 rings (SSSR count). The van der Waals surface area contributed by atoms with Gasteiger partial charge in [-0.15, -0.1) is 0 Å². The van der Waals surface area contributed by atoms with E-state index in [0.717, 1.165) is 52.0 Å². The van der Waals surface area contributed by atoms with Gasteiger partial charge < -0.3 is 4.90 Å². The first-order valence-corrected chi connectivity index (χ1v) is 9.43. The van der Waals surface area contributed by atoms with Gasteiger partial charge in [-0.3, -0.25) is 14.8 Å². The van der Waals surface area contributed by atoms with Crippen LogP contribution < -0.4 is 0 Å². The van der Waals surface area contributed by atoms with E-state index in [1.54, 1.807) is 0 Å². The number of aromatic nitrogens is 2. The van der Waals surface area contributed by atoms with Gasteiger partial charge in [-0.05, 0) is 31.2 Å². The van der Waals surface area contributed by atoms with E-state index in [9.17, 15) is 4.79 Å². The molecule has 5 heteroatoms. The van der Waals surface area contributed by atoms with Gasteiger partial charge in [-0.2, -0.15) is 5.10 Å². The van der Waals surface area contributed by atoms with E-state index < -0.39 is 0 Å². The highest BCUT2D eigenvalue weighted by Gasteiger charge is 2.27. The number of hydrogen-bond acceptors (Lipinski definition) is 3. The van der Waals surface area contributed by atoms with Crippen LogP contribution in [0.4, 0.5) is 0 Å². The zero-order chi connectivity index (χ0) is 17.1. The SMILES string of the molecule is O=C(c1n[nH]c2c1CCCCC2)N1CCN(Cc2ccccc2)CC1. The van der Waals surface area contributed by atoms with Crippen molar-refractivity contribution < 1.29 is 4.79 Å². The summed E-state index contributed by atoms with van der Waals surface area (Å²) in [6.45, 7) is 4.38. The Morgan fingerprint density at radius 3 is 2.56 bits per heavy atom. The molecule has 0 radical (unpaired) electrons. The molecule has 25 heavy (non-hydrogen) atoms. The topological polar surface area (TPSA) is 52.2 Å². The molecule has 0 spiro atoms. The Bertz CT molecular complexity index is 717. The molecule has 1 aliphatic carbocycles. The maximum atomic E-state index is 12.9. The minimum atomic E-state index is 0.110. The number of carbonyl (C=O) groups is 1. The van der Waals surface area contributed by atoms with E-state index in [0.29, 0.717) is 5.69 Å². The maximum Gasteiger partial charge on any atom is 0.274 e. The smallest absolute Gasteiger partial charge is 0.274 e. The van der Waals surface area contributed by atoms with Gasteiger partial charge in [-0.1, -0.05) is 36.8 Å². The zero-order valence-corrected chi connectivity index (χ0v) is 14.7. The summed E-state index contributed by atoms with van der Waals surface area (Å²) in [7, 11) is 0. The lowest BCUT2D eigenvalue weighted by Gasteiger charge is -2.34. The van der Waals surface area contributed by atoms with E-state index in [4.69, 9.17) is 0 Å². The van der Waals surface area contributed by atoms with Crippen molar-refractivity contribution in [2.75, 3.05) is 26.2 Å². The van der Waals surface area contributed by atoms with E-state index in [2.05, 4.69) is 39.4 Å². The minimum absolute atomic E-state index is 0.110. The molecule has 0 saturated carbocycles. The Labute approximate surface area is 149 Å². The van der Waals surface area contributed by atoms with Crippen LogP contribution >= 0.6 is 0 Å². The quantitative estimate of drug-likeness (QED) is 0.876. The molecule has 0 unspecified atom stereocenters. The molecule has 1 amide bonds. The second-order valence-electron chi connectivity index (χ2n) is 7.14. The fraction of sp³-hybridized carbons (Fsp3) is 0.500. The predicted octanol–water partition coefficient (Wildman–Crippen LogP) is 2.64. The summed E-state index contributed by atoms with van der Waals surface area (Å²) >= 11 is 0. The Kier molecular flexibility index (Phi) is 4.83. The number of rotatable bonds is 3. The van der Waals surface area contributed by atoms with Crippen molar-refractivity contribution in [3.05, 3.63) is 52.8 Å². The first-order chi connectivity index (χ1) is 12.3. The maximum absolute atomic E-state index is 12.9. The number of nitrogens with one attached hydrogen (secondary N) is 1. The van der Waals surface area contributed by atoms with Gasteiger partial charge in [0.25, 0.3) is 5.91 Å². The molecule has 5 nitrogen and oxygen atoms in total. The summed E-state index contributed by atoms with van der Waals surface area (Å²) in [5.41, 5.74) is 4.37. The number of H-pyrrole nitrogens is 1. The van der Waals surface area contributed by atoms with Crippen molar-refractivity contribution >= 4 is 5.91 Å². The third-order valence-electron chi connectivity index (χ3n) is 5.42. The number of aryl methyl sites for hydroxylation is 1. The molecule has 1 aromatic carbocycles. The summed E-state index contributed by atoms with van der Waals surface area (Å²) in [6.07, 6.45) is 5.62. The van der Waals surface area contributed by atoms with Gasteiger partial charge in [0.1, 0.15) is 0 Å². The highest BCUT2D eigenvalue weighted by atomic mass is 16.2. The standard InChI is InChI=1S/C20H26N4O/c25-20(19-17-9-5-2-6-10-18(17)21-22-19)24-13-11-23(12-14-24)15-16-7-3-1-4-8-16/h1,3-4,7-8H,2,5-6,9-15H2,(H,21,22). The van der Waals surface area contributed by atoms with Crippen molar-refractivity contribution in [3.8, 4) is 0 Å². The Morgan fingerprint density at radius 2 is 1.76 bits per heavy atom. The van der Waals surface area contributed by atoms with Crippen LogP contribution in [0.25, 0.3) is 0 Å². The van der Waals surface area contributed by atoms with Crippen molar-refractivity contribution in [2.24, 2.45) is 0 Å². The van der Waals surface area contributed by atoms with Crippen LogP contribution in [0, 0.1) is 0 Å². The lowest BCUT2D eigenvalue weighted by molar-refractivity contribution is 0.0621. The van der Waals surface area contributed by atoms with Crippen LogP contribution in [-0.2, 0) is 19.4 Å². The Hall–Kier alpha value is -2.14. The second kappa shape index (κ2) is 7.40. The molecule has 1 saturated heterocycles. The number of nitrogens with zero attached hydrogens (tertiary/aromatic N) is 3. The van der Waals surface area contributed by atoms with Crippen molar-refractivity contribution in [1.29, 1.82) is 0 Å². The largest absolute Gasteiger partial charge is 0.335 e. The summed E-state index contributed by atoms with van der Waals surface area (Å²) in [4.78, 5) is 17.3. The second-order valence-corrected chi connectivity index (χ2v) is 7.14. The van der Waals surface area contributed by atoms with Crippen molar-refractivity contribution in [1.82, 2.24) is 20.0 Å². The van der Waals surface area contributed by atoms with Crippen molar-refractivity contribution in [3.63, 3.8) is 0 Å². The number of benzene rings is 1. The fourth-order valence-corrected chi connectivity index (χ4v) is 3.94. The minimum Gasteiger partial charge on any atom is -0.335 e. The van der Waals surface area contributed by atoms with Crippen LogP contribution in [0.1, 0.15) is 46.6 Å². The Balaban J connectivity index is 1.38. The number of carbonyl (C=O) groups excluding carboxylic acids is 1. The molecule has 1 aromatic heterocycles. The third-order valence-corrected chi connectivity index (χ3v) is 5.42. The summed E-state index contributed by atoms with van der Waals surface area (Å²) in [5, 5.41) is 7.49. The summed E-state index contributed by atoms with van der Waals surface area (Å²) < 4.78 is 0. The van der Waals surface area contributed by atoms with Gasteiger partial charge in [-0.25, -0.2) is 0 Å². The fourth-order valence-electron chi connectivity index (χ4n) is 3.94. The molecule has 0 bridgehead atoms. The highest BCUT2D eigenvalue weighted by molar-refractivity contribution is 5.94. The first-order valence-electron chi connectivity index (χ1n) is 9.43. The first kappa shape index (κ1) is 16.3. The number of aromatic amines is 1. The third kappa shape index (κ3) is 3.61. The Morgan fingerprint density at radius 1 is 1.00 bits per heavy atom. The lowest BCUT2D eigenvalue weighted by Crippen LogP contribution is -2.48. The molecule has 2 heterocycles. The normalized spacial score (nSPS) is 18.6.